The van der Waals surface area contributed by atoms with E-state index in [0.29, 0.717) is 12.5 Å². The van der Waals surface area contributed by atoms with Crippen LogP contribution in [-0.4, -0.2) is 26.4 Å². The van der Waals surface area contributed by atoms with Crippen molar-refractivity contribution in [2.45, 2.75) is 20.4 Å². The fourth-order valence-corrected chi connectivity index (χ4v) is 1.96. The van der Waals surface area contributed by atoms with Gasteiger partial charge in [-0.3, -0.25) is 0 Å². The average molecular weight is 235 g/mol. The van der Waals surface area contributed by atoms with E-state index in [4.69, 9.17) is 10.5 Å². The number of imidazole rings is 1. The zero-order valence-corrected chi connectivity index (χ0v) is 10.6. The first-order valence-electron chi connectivity index (χ1n) is 5.38. The molecule has 6 heteroatoms. The molecule has 0 fully saturated rings. The second-order valence-electron chi connectivity index (χ2n) is 4.04. The van der Waals surface area contributed by atoms with E-state index in [1.807, 2.05) is 25.5 Å². The van der Waals surface area contributed by atoms with Crippen molar-refractivity contribution in [1.82, 2.24) is 19.3 Å². The van der Waals surface area contributed by atoms with Crippen LogP contribution in [0.15, 0.2) is 6.20 Å². The molecule has 0 saturated heterocycles. The van der Waals surface area contributed by atoms with E-state index in [1.54, 1.807) is 18.0 Å². The smallest absolute Gasteiger partial charge is 0.216 e. The van der Waals surface area contributed by atoms with Gasteiger partial charge in [0, 0.05) is 12.7 Å². The number of nitrogens with zero attached hydrogens (tertiary/aromatic N) is 4. The van der Waals surface area contributed by atoms with E-state index in [1.165, 1.54) is 0 Å². The molecule has 2 rings (SSSR count). The van der Waals surface area contributed by atoms with Crippen LogP contribution in [0.5, 0.6) is 5.88 Å². The van der Waals surface area contributed by atoms with Crippen LogP contribution in [0, 0.1) is 13.8 Å². The molecule has 92 valence electrons. The number of hydrogen-bond donors (Lipinski definition) is 1. The first-order chi connectivity index (χ1) is 8.04. The number of aryl methyl sites for hydroxylation is 3. The second kappa shape index (κ2) is 4.12. The van der Waals surface area contributed by atoms with Crippen molar-refractivity contribution in [2.75, 3.05) is 12.8 Å². The highest BCUT2D eigenvalue weighted by molar-refractivity contribution is 5.34. The molecule has 0 aliphatic rings. The fraction of sp³-hybridized carbons (Fsp3) is 0.455. The van der Waals surface area contributed by atoms with E-state index in [2.05, 4.69) is 10.1 Å². The lowest BCUT2D eigenvalue weighted by atomic mass is 10.2. The molecule has 0 aromatic carbocycles. The van der Waals surface area contributed by atoms with Crippen LogP contribution in [-0.2, 0) is 13.6 Å². The van der Waals surface area contributed by atoms with Crippen LogP contribution in [0.25, 0.3) is 0 Å². The van der Waals surface area contributed by atoms with E-state index in [9.17, 15) is 0 Å². The number of nitrogen functional groups attached to an aromatic ring is 1. The molecular formula is C11H17N5O. The van der Waals surface area contributed by atoms with Gasteiger partial charge in [0.1, 0.15) is 0 Å². The molecule has 0 spiro atoms. The molecule has 17 heavy (non-hydrogen) atoms. The highest BCUT2D eigenvalue weighted by atomic mass is 16.5. The Morgan fingerprint density at radius 1 is 1.41 bits per heavy atom. The lowest BCUT2D eigenvalue weighted by Crippen LogP contribution is -2.08. The summed E-state index contributed by atoms with van der Waals surface area (Å²) in [5.41, 5.74) is 8.81. The summed E-state index contributed by atoms with van der Waals surface area (Å²) in [5, 5.41) is 4.34. The minimum atomic E-state index is 0.507. The van der Waals surface area contributed by atoms with Crippen molar-refractivity contribution in [3.63, 3.8) is 0 Å². The topological polar surface area (TPSA) is 70.9 Å². The summed E-state index contributed by atoms with van der Waals surface area (Å²) in [6, 6.07) is 0. The molecule has 2 aromatic heterocycles. The van der Waals surface area contributed by atoms with Crippen molar-refractivity contribution in [3.8, 4) is 5.88 Å². The normalized spacial score (nSPS) is 10.8. The summed E-state index contributed by atoms with van der Waals surface area (Å²) < 4.78 is 9.02. The van der Waals surface area contributed by atoms with Gasteiger partial charge in [-0.1, -0.05) is 0 Å². The fourth-order valence-electron chi connectivity index (χ4n) is 1.96. The van der Waals surface area contributed by atoms with Gasteiger partial charge in [0.25, 0.3) is 0 Å². The minimum Gasteiger partial charge on any atom is -0.481 e. The number of aromatic nitrogens is 4. The van der Waals surface area contributed by atoms with Crippen molar-refractivity contribution in [2.24, 2.45) is 7.05 Å². The number of methoxy groups -OCH3 is 1. The molecule has 2 N–H and O–H groups in total. The zero-order valence-electron chi connectivity index (χ0n) is 10.6. The van der Waals surface area contributed by atoms with Crippen molar-refractivity contribution in [3.05, 3.63) is 23.1 Å². The summed E-state index contributed by atoms with van der Waals surface area (Å²) in [6.07, 6.45) is 1.76. The quantitative estimate of drug-likeness (QED) is 0.857. The number of rotatable bonds is 3. The molecule has 0 radical (unpaired) electrons. The maximum absolute atomic E-state index is 5.82. The second-order valence-corrected chi connectivity index (χ2v) is 4.04. The van der Waals surface area contributed by atoms with Crippen LogP contribution in [0.4, 0.5) is 5.95 Å². The van der Waals surface area contributed by atoms with Gasteiger partial charge in [0.2, 0.25) is 11.8 Å². The van der Waals surface area contributed by atoms with Crippen LogP contribution in [0.1, 0.15) is 17.0 Å². The van der Waals surface area contributed by atoms with Crippen molar-refractivity contribution < 1.29 is 4.74 Å². The van der Waals surface area contributed by atoms with Gasteiger partial charge >= 0.3 is 0 Å². The largest absolute Gasteiger partial charge is 0.481 e. The maximum Gasteiger partial charge on any atom is 0.216 e. The third-order valence-electron chi connectivity index (χ3n) is 2.88. The molecule has 0 amide bonds. The molecule has 0 atom stereocenters. The summed E-state index contributed by atoms with van der Waals surface area (Å²) in [6.45, 7) is 4.56. The Kier molecular flexibility index (Phi) is 2.79. The number of nitrogens with two attached hydrogens (primary N) is 1. The van der Waals surface area contributed by atoms with Gasteiger partial charge in [0.05, 0.1) is 31.1 Å². The summed E-state index contributed by atoms with van der Waals surface area (Å²) in [4.78, 5) is 4.08. The molecule has 0 unspecified atom stereocenters. The Labute approximate surface area is 100 Å². The summed E-state index contributed by atoms with van der Waals surface area (Å²) in [5.74, 6) is 1.27. The summed E-state index contributed by atoms with van der Waals surface area (Å²) in [7, 11) is 3.50. The lowest BCUT2D eigenvalue weighted by molar-refractivity contribution is 0.368. The van der Waals surface area contributed by atoms with Crippen LogP contribution in [0.3, 0.4) is 0 Å². The standard InChI is InChI=1S/C11H17N5O/c1-7-5-13-11(12)16(7)6-9-8(2)14-15(3)10(9)17-4/h5H,6H2,1-4H3,(H2,12,13). The molecule has 0 bridgehead atoms. The molecule has 0 saturated carbocycles. The van der Waals surface area contributed by atoms with Crippen LogP contribution >= 0.6 is 0 Å². The highest BCUT2D eigenvalue weighted by Crippen LogP contribution is 2.23. The Balaban J connectivity index is 2.43. The third-order valence-corrected chi connectivity index (χ3v) is 2.88. The number of anilines is 1. The summed E-state index contributed by atoms with van der Waals surface area (Å²) >= 11 is 0. The van der Waals surface area contributed by atoms with Gasteiger partial charge in [-0.05, 0) is 13.8 Å². The first-order valence-corrected chi connectivity index (χ1v) is 5.38. The molecule has 0 aliphatic heterocycles. The van der Waals surface area contributed by atoms with Gasteiger partial charge < -0.3 is 15.0 Å². The Morgan fingerprint density at radius 3 is 2.65 bits per heavy atom. The maximum atomic E-state index is 5.82. The number of hydrogen-bond acceptors (Lipinski definition) is 4. The predicted molar refractivity (Wildman–Crippen MR) is 65.0 cm³/mol. The lowest BCUT2D eigenvalue weighted by Gasteiger charge is -2.09. The molecule has 6 nitrogen and oxygen atoms in total. The SMILES string of the molecule is COc1c(Cn2c(C)cnc2N)c(C)nn1C. The van der Waals surface area contributed by atoms with E-state index >= 15 is 0 Å². The van der Waals surface area contributed by atoms with Gasteiger partial charge in [-0.2, -0.15) is 5.10 Å². The van der Waals surface area contributed by atoms with Crippen LogP contribution in [0.2, 0.25) is 0 Å². The van der Waals surface area contributed by atoms with Crippen molar-refractivity contribution >= 4 is 5.95 Å². The molecule has 2 heterocycles. The molecular weight excluding hydrogens is 218 g/mol. The average Bonchev–Trinajstić information content (AvgIpc) is 2.73. The first kappa shape index (κ1) is 11.5. The van der Waals surface area contributed by atoms with Gasteiger partial charge in [0.15, 0.2) is 0 Å². The van der Waals surface area contributed by atoms with E-state index in [0.717, 1.165) is 22.8 Å². The van der Waals surface area contributed by atoms with Gasteiger partial charge in [-0.15, -0.1) is 0 Å². The monoisotopic (exact) mass is 235 g/mol. The Morgan fingerprint density at radius 2 is 2.12 bits per heavy atom. The van der Waals surface area contributed by atoms with Crippen LogP contribution < -0.4 is 10.5 Å². The predicted octanol–water partition coefficient (Wildman–Crippen LogP) is 0.873. The van der Waals surface area contributed by atoms with E-state index < -0.39 is 0 Å². The van der Waals surface area contributed by atoms with Gasteiger partial charge in [-0.25, -0.2) is 9.67 Å². The Hall–Kier alpha value is -1.98. The highest BCUT2D eigenvalue weighted by Gasteiger charge is 2.16. The molecule has 0 aliphatic carbocycles. The molecule has 2 aromatic rings. The van der Waals surface area contributed by atoms with E-state index in [-0.39, 0.29) is 0 Å². The zero-order chi connectivity index (χ0) is 12.6. The third kappa shape index (κ3) is 1.86. The number of ether oxygens (including phenoxy) is 1. The minimum absolute atomic E-state index is 0.507. The Bertz CT molecular complexity index is 521. The van der Waals surface area contributed by atoms with Crippen molar-refractivity contribution in [1.29, 1.82) is 0 Å².